The van der Waals surface area contributed by atoms with Gasteiger partial charge in [-0.25, -0.2) is 0 Å². The Labute approximate surface area is 119 Å². The van der Waals surface area contributed by atoms with Crippen LogP contribution in [0.4, 0.5) is 0 Å². The summed E-state index contributed by atoms with van der Waals surface area (Å²) >= 11 is 0. The molecule has 3 nitrogen and oxygen atoms in total. The first kappa shape index (κ1) is 12.7. The van der Waals surface area contributed by atoms with Crippen molar-refractivity contribution in [2.45, 2.75) is 6.92 Å². The highest BCUT2D eigenvalue weighted by Gasteiger charge is 2.08. The maximum atomic E-state index is 4.31. The number of benzene rings is 2. The fourth-order valence-corrected chi connectivity index (χ4v) is 2.61. The third-order valence-electron chi connectivity index (χ3n) is 3.62. The molecule has 0 amide bonds. The zero-order valence-corrected chi connectivity index (χ0v) is 12.4. The Kier molecular flexibility index (Phi) is 2.97. The van der Waals surface area contributed by atoms with E-state index in [0.717, 1.165) is 5.56 Å². The average molecular weight is 265 g/mol. The molecule has 102 valence electrons. The van der Waals surface area contributed by atoms with Crippen molar-refractivity contribution in [3.63, 3.8) is 0 Å². The van der Waals surface area contributed by atoms with Crippen LogP contribution in [0.1, 0.15) is 11.1 Å². The lowest BCUT2D eigenvalue weighted by Crippen LogP contribution is -2.01. The number of hydrogen-bond acceptors (Lipinski definition) is 2. The van der Waals surface area contributed by atoms with E-state index in [1.54, 1.807) is 5.01 Å². The molecule has 2 aromatic carbocycles. The van der Waals surface area contributed by atoms with Crippen molar-refractivity contribution in [3.8, 4) is 0 Å². The van der Waals surface area contributed by atoms with Crippen LogP contribution in [0.15, 0.2) is 41.5 Å². The molecule has 3 heteroatoms. The first-order chi connectivity index (χ1) is 9.56. The molecule has 20 heavy (non-hydrogen) atoms. The van der Waals surface area contributed by atoms with Gasteiger partial charge in [-0.05, 0) is 36.8 Å². The third kappa shape index (κ3) is 2.05. The molecule has 0 radical (unpaired) electrons. The smallest absolute Gasteiger partial charge is 0.0542 e. The summed E-state index contributed by atoms with van der Waals surface area (Å²) in [5.74, 6) is 0. The molecule has 3 rings (SSSR count). The van der Waals surface area contributed by atoms with Crippen LogP contribution in [0.2, 0.25) is 0 Å². The third-order valence-corrected chi connectivity index (χ3v) is 3.62. The van der Waals surface area contributed by atoms with Crippen LogP contribution in [-0.2, 0) is 7.05 Å². The molecule has 0 aliphatic rings. The maximum absolute atomic E-state index is 4.31. The van der Waals surface area contributed by atoms with E-state index in [2.05, 4.69) is 60.0 Å². The van der Waals surface area contributed by atoms with Crippen molar-refractivity contribution in [2.75, 3.05) is 14.1 Å². The van der Waals surface area contributed by atoms with E-state index in [1.165, 1.54) is 27.4 Å². The number of nitrogens with zero attached hydrogens (tertiary/aromatic N) is 3. The first-order valence-electron chi connectivity index (χ1n) is 6.76. The molecule has 1 heterocycles. The molecule has 0 saturated carbocycles. The normalized spacial score (nSPS) is 11.8. The Morgan fingerprint density at radius 2 is 1.65 bits per heavy atom. The SMILES string of the molecule is Cc1ccc2c(c1)c1cc(/C=N\N(C)C)ccc1n2C. The Balaban J connectivity index is 2.27. The van der Waals surface area contributed by atoms with Crippen molar-refractivity contribution in [3.05, 3.63) is 47.5 Å². The zero-order valence-electron chi connectivity index (χ0n) is 12.4. The molecule has 0 unspecified atom stereocenters. The van der Waals surface area contributed by atoms with Crippen LogP contribution < -0.4 is 0 Å². The van der Waals surface area contributed by atoms with E-state index in [4.69, 9.17) is 0 Å². The van der Waals surface area contributed by atoms with Crippen LogP contribution in [0.5, 0.6) is 0 Å². The fourth-order valence-electron chi connectivity index (χ4n) is 2.61. The second-order valence-corrected chi connectivity index (χ2v) is 5.45. The summed E-state index contributed by atoms with van der Waals surface area (Å²) in [6.45, 7) is 2.13. The van der Waals surface area contributed by atoms with Gasteiger partial charge in [0.15, 0.2) is 0 Å². The van der Waals surface area contributed by atoms with Gasteiger partial charge in [0.05, 0.1) is 6.21 Å². The number of rotatable bonds is 2. The zero-order chi connectivity index (χ0) is 14.3. The summed E-state index contributed by atoms with van der Waals surface area (Å²) in [6, 6.07) is 13.1. The summed E-state index contributed by atoms with van der Waals surface area (Å²) in [5.41, 5.74) is 4.94. The minimum Gasteiger partial charge on any atom is -0.344 e. The topological polar surface area (TPSA) is 20.5 Å². The number of hydrazone groups is 1. The number of aryl methyl sites for hydroxylation is 2. The molecular formula is C17H19N3. The van der Waals surface area contributed by atoms with Gasteiger partial charge in [-0.15, -0.1) is 0 Å². The molecule has 0 aliphatic heterocycles. The van der Waals surface area contributed by atoms with E-state index in [-0.39, 0.29) is 0 Å². The van der Waals surface area contributed by atoms with Crippen LogP contribution in [0, 0.1) is 6.92 Å². The van der Waals surface area contributed by atoms with Crippen molar-refractivity contribution in [1.82, 2.24) is 9.58 Å². The number of fused-ring (bicyclic) bond motifs is 3. The van der Waals surface area contributed by atoms with E-state index >= 15 is 0 Å². The highest BCUT2D eigenvalue weighted by Crippen LogP contribution is 2.29. The lowest BCUT2D eigenvalue weighted by atomic mass is 10.1. The van der Waals surface area contributed by atoms with Gasteiger partial charge in [0.1, 0.15) is 0 Å². The maximum Gasteiger partial charge on any atom is 0.0542 e. The predicted octanol–water partition coefficient (Wildman–Crippen LogP) is 3.54. The van der Waals surface area contributed by atoms with Gasteiger partial charge in [-0.2, -0.15) is 5.10 Å². The lowest BCUT2D eigenvalue weighted by molar-refractivity contribution is 0.440. The van der Waals surface area contributed by atoms with E-state index in [1.807, 2.05) is 20.3 Å². The molecule has 0 fully saturated rings. The van der Waals surface area contributed by atoms with Crippen LogP contribution in [0.25, 0.3) is 21.8 Å². The summed E-state index contributed by atoms with van der Waals surface area (Å²) in [7, 11) is 5.97. The molecule has 3 aromatic rings. The molecule has 0 atom stereocenters. The van der Waals surface area contributed by atoms with Crippen molar-refractivity contribution in [1.29, 1.82) is 0 Å². The Morgan fingerprint density at radius 3 is 2.35 bits per heavy atom. The molecule has 0 saturated heterocycles. The van der Waals surface area contributed by atoms with Gasteiger partial charge < -0.3 is 9.58 Å². The van der Waals surface area contributed by atoms with Gasteiger partial charge in [-0.1, -0.05) is 17.7 Å². The van der Waals surface area contributed by atoms with E-state index in [9.17, 15) is 0 Å². The summed E-state index contributed by atoms with van der Waals surface area (Å²) < 4.78 is 2.25. The second-order valence-electron chi connectivity index (χ2n) is 5.45. The van der Waals surface area contributed by atoms with Gasteiger partial charge in [0.2, 0.25) is 0 Å². The number of aromatic nitrogens is 1. The minimum absolute atomic E-state index is 1.13. The number of hydrogen-bond donors (Lipinski definition) is 0. The van der Waals surface area contributed by atoms with Crippen LogP contribution >= 0.6 is 0 Å². The van der Waals surface area contributed by atoms with Gasteiger partial charge in [0.25, 0.3) is 0 Å². The van der Waals surface area contributed by atoms with Crippen molar-refractivity contribution in [2.24, 2.45) is 12.1 Å². The molecule has 1 aromatic heterocycles. The van der Waals surface area contributed by atoms with Crippen LogP contribution in [0.3, 0.4) is 0 Å². The summed E-state index contributed by atoms with van der Waals surface area (Å²) in [5, 5.41) is 8.70. The molecule has 0 N–H and O–H groups in total. The summed E-state index contributed by atoms with van der Waals surface area (Å²) in [6.07, 6.45) is 1.90. The monoisotopic (exact) mass is 265 g/mol. The quantitative estimate of drug-likeness (QED) is 0.513. The minimum atomic E-state index is 1.13. The predicted molar refractivity (Wildman–Crippen MR) is 86.4 cm³/mol. The highest BCUT2D eigenvalue weighted by atomic mass is 15.4. The fraction of sp³-hybridized carbons (Fsp3) is 0.235. The lowest BCUT2D eigenvalue weighted by Gasteiger charge is -2.02. The molecule has 0 spiro atoms. The van der Waals surface area contributed by atoms with Gasteiger partial charge in [0, 0.05) is 42.9 Å². The second kappa shape index (κ2) is 4.67. The highest BCUT2D eigenvalue weighted by molar-refractivity contribution is 6.09. The molecule has 0 aliphatic carbocycles. The van der Waals surface area contributed by atoms with E-state index in [0.29, 0.717) is 0 Å². The van der Waals surface area contributed by atoms with Crippen LogP contribution in [-0.4, -0.2) is 29.9 Å². The Morgan fingerprint density at radius 1 is 1.00 bits per heavy atom. The molecule has 0 bridgehead atoms. The summed E-state index contributed by atoms with van der Waals surface area (Å²) in [4.78, 5) is 0. The first-order valence-corrected chi connectivity index (χ1v) is 6.76. The molecular weight excluding hydrogens is 246 g/mol. The van der Waals surface area contributed by atoms with Crippen molar-refractivity contribution >= 4 is 28.0 Å². The van der Waals surface area contributed by atoms with E-state index < -0.39 is 0 Å². The standard InChI is InChI=1S/C17H19N3/c1-12-5-7-16-14(9-12)15-10-13(11-18-19(2)3)6-8-17(15)20(16)4/h5-11H,1-4H3/b18-11-. The van der Waals surface area contributed by atoms with Gasteiger partial charge in [-0.3, -0.25) is 0 Å². The Bertz CT molecular complexity index is 810. The average Bonchev–Trinajstić information content (AvgIpc) is 2.69. The van der Waals surface area contributed by atoms with Crippen molar-refractivity contribution < 1.29 is 0 Å². The Hall–Kier alpha value is -2.29. The largest absolute Gasteiger partial charge is 0.344 e. The van der Waals surface area contributed by atoms with Gasteiger partial charge >= 0.3 is 0 Å².